The zero-order chi connectivity index (χ0) is 26.4. The molecule has 5 N–H and O–H groups in total. The van der Waals surface area contributed by atoms with Crippen molar-refractivity contribution < 1.29 is 14.7 Å². The number of nitrogens with two attached hydrogens (primary N) is 1. The molecular formula is C25H24Cl2N4O3S2. The van der Waals surface area contributed by atoms with E-state index in [0.29, 0.717) is 31.1 Å². The molecule has 3 aromatic rings. The van der Waals surface area contributed by atoms with E-state index in [0.717, 1.165) is 27.9 Å². The largest absolute Gasteiger partial charge is 0.506 e. The molecule has 1 amide bonds. The van der Waals surface area contributed by atoms with E-state index in [-0.39, 0.29) is 24.0 Å². The first-order valence-electron chi connectivity index (χ1n) is 10.7. The fraction of sp³-hybridized carbons (Fsp3) is 0.160. The number of ketones is 1. The number of nitrogens with zero attached hydrogens (tertiary/aromatic N) is 1. The fourth-order valence-corrected chi connectivity index (χ4v) is 5.41. The van der Waals surface area contributed by atoms with Gasteiger partial charge in [-0.2, -0.15) is 5.10 Å². The predicted molar refractivity (Wildman–Crippen MR) is 150 cm³/mol. The van der Waals surface area contributed by atoms with Gasteiger partial charge in [-0.25, -0.2) is 0 Å². The second kappa shape index (κ2) is 12.2. The molecule has 0 atom stereocenters. The molecule has 1 aromatic carbocycles. The summed E-state index contributed by atoms with van der Waals surface area (Å²) in [7, 11) is 0. The Labute approximate surface area is 226 Å². The maximum absolute atomic E-state index is 12.4. The highest BCUT2D eigenvalue weighted by Crippen LogP contribution is 2.40. The Morgan fingerprint density at radius 2 is 1.83 bits per heavy atom. The van der Waals surface area contributed by atoms with Gasteiger partial charge in [0.25, 0.3) is 5.91 Å². The van der Waals surface area contributed by atoms with E-state index in [9.17, 15) is 14.7 Å². The number of thiophene rings is 2. The second-order valence-electron chi connectivity index (χ2n) is 7.81. The molecule has 2 heterocycles. The summed E-state index contributed by atoms with van der Waals surface area (Å²) in [5, 5.41) is 20.6. The van der Waals surface area contributed by atoms with Gasteiger partial charge in [0.2, 0.25) is 0 Å². The van der Waals surface area contributed by atoms with Crippen molar-refractivity contribution >= 4 is 69.0 Å². The van der Waals surface area contributed by atoms with Crippen molar-refractivity contribution in [1.29, 1.82) is 0 Å². The summed E-state index contributed by atoms with van der Waals surface area (Å²) >= 11 is 14.8. The lowest BCUT2D eigenvalue weighted by atomic mass is 10.1. The Kier molecular flexibility index (Phi) is 9.33. The van der Waals surface area contributed by atoms with Crippen LogP contribution in [0.5, 0.6) is 5.75 Å². The highest BCUT2D eigenvalue weighted by atomic mass is 35.5. The average molecular weight is 564 g/mol. The van der Waals surface area contributed by atoms with Crippen molar-refractivity contribution in [2.45, 2.75) is 20.8 Å². The molecule has 0 aliphatic heterocycles. The Morgan fingerprint density at radius 1 is 1.11 bits per heavy atom. The molecule has 0 aliphatic carbocycles. The molecule has 36 heavy (non-hydrogen) atoms. The lowest BCUT2D eigenvalue weighted by Gasteiger charge is -2.09. The van der Waals surface area contributed by atoms with Crippen molar-refractivity contribution in [3.8, 4) is 16.2 Å². The number of allylic oxidation sites excluding steroid dienone is 1. The molecule has 0 saturated carbocycles. The standard InChI is InChI=1S/C25H24Cl2N4O3S2/c1-13(2)22(20-6-7-21(36-20)25(34)29-11-16(32)8-9-28)31-30-14(3)17-12-35-24(23(17)33)15-4-5-18(26)19(27)10-15/h4-10,12,31,33H,11,28H2,1-3H3,(H,29,34)/b9-8?,30-14+. The predicted octanol–water partition coefficient (Wildman–Crippen LogP) is 6.03. The van der Waals surface area contributed by atoms with Crippen LogP contribution >= 0.6 is 45.9 Å². The van der Waals surface area contributed by atoms with Crippen molar-refractivity contribution in [3.63, 3.8) is 0 Å². The minimum Gasteiger partial charge on any atom is -0.506 e. The average Bonchev–Trinajstić information content (AvgIpc) is 3.46. The van der Waals surface area contributed by atoms with Gasteiger partial charge >= 0.3 is 0 Å². The summed E-state index contributed by atoms with van der Waals surface area (Å²) < 4.78 is 0. The van der Waals surface area contributed by atoms with Crippen molar-refractivity contribution in [1.82, 2.24) is 10.7 Å². The van der Waals surface area contributed by atoms with Crippen molar-refractivity contribution in [2.75, 3.05) is 6.54 Å². The molecule has 188 valence electrons. The third-order valence-corrected chi connectivity index (χ3v) is 7.81. The molecule has 0 fully saturated rings. The zero-order valence-corrected chi connectivity index (χ0v) is 22.8. The third kappa shape index (κ3) is 6.55. The number of benzene rings is 1. The number of hydrogen-bond donors (Lipinski definition) is 4. The van der Waals surface area contributed by atoms with Gasteiger partial charge in [0.1, 0.15) is 5.75 Å². The number of halogens is 2. The zero-order valence-electron chi connectivity index (χ0n) is 19.7. The van der Waals surface area contributed by atoms with Gasteiger partial charge in [-0.3, -0.25) is 15.0 Å². The van der Waals surface area contributed by atoms with E-state index in [2.05, 4.69) is 15.8 Å². The molecule has 0 aliphatic rings. The number of aromatic hydroxyl groups is 1. The quantitative estimate of drug-likeness (QED) is 0.144. The molecule has 2 aromatic heterocycles. The Hall–Kier alpha value is -3.11. The minimum absolute atomic E-state index is 0.106. The van der Waals surface area contributed by atoms with E-state index in [1.165, 1.54) is 28.7 Å². The molecule has 0 saturated heterocycles. The number of amides is 1. The van der Waals surface area contributed by atoms with E-state index in [1.54, 1.807) is 31.2 Å². The first-order valence-corrected chi connectivity index (χ1v) is 13.1. The number of hydrogen-bond acceptors (Lipinski definition) is 8. The van der Waals surface area contributed by atoms with E-state index in [4.69, 9.17) is 28.9 Å². The SMILES string of the molecule is CC(C)=C(N/N=C(\C)c1csc(-c2ccc(Cl)c(Cl)c2)c1O)c1ccc(C(=O)NCC(=O)C=CN)s1. The lowest BCUT2D eigenvalue weighted by Crippen LogP contribution is -2.28. The number of carbonyl (C=O) groups is 2. The lowest BCUT2D eigenvalue weighted by molar-refractivity contribution is -0.113. The van der Waals surface area contributed by atoms with Crippen LogP contribution in [0.2, 0.25) is 10.0 Å². The van der Waals surface area contributed by atoms with Gasteiger partial charge in [0, 0.05) is 5.38 Å². The fourth-order valence-electron chi connectivity index (χ4n) is 3.08. The van der Waals surface area contributed by atoms with Crippen LogP contribution in [0.25, 0.3) is 16.1 Å². The van der Waals surface area contributed by atoms with Crippen LogP contribution in [0.1, 0.15) is 40.9 Å². The van der Waals surface area contributed by atoms with E-state index < -0.39 is 0 Å². The van der Waals surface area contributed by atoms with Gasteiger partial charge in [0.05, 0.1) is 48.2 Å². The summed E-state index contributed by atoms with van der Waals surface area (Å²) in [6.45, 7) is 5.51. The Bertz CT molecular complexity index is 1390. The van der Waals surface area contributed by atoms with Crippen LogP contribution in [-0.2, 0) is 4.79 Å². The van der Waals surface area contributed by atoms with Crippen LogP contribution in [0.4, 0.5) is 0 Å². The van der Waals surface area contributed by atoms with Crippen molar-refractivity contribution in [2.24, 2.45) is 10.8 Å². The van der Waals surface area contributed by atoms with Gasteiger partial charge < -0.3 is 16.2 Å². The molecular weight excluding hydrogens is 539 g/mol. The third-order valence-electron chi connectivity index (χ3n) is 4.95. The molecule has 0 unspecified atom stereocenters. The highest BCUT2D eigenvalue weighted by molar-refractivity contribution is 7.15. The van der Waals surface area contributed by atoms with Gasteiger partial charge in [0.15, 0.2) is 5.78 Å². The molecule has 0 bridgehead atoms. The highest BCUT2D eigenvalue weighted by Gasteiger charge is 2.17. The van der Waals surface area contributed by atoms with Gasteiger partial charge in [-0.1, -0.05) is 29.3 Å². The molecule has 0 radical (unpaired) electrons. The normalized spacial score (nSPS) is 11.5. The van der Waals surface area contributed by atoms with Crippen LogP contribution in [0, 0.1) is 0 Å². The number of nitrogens with one attached hydrogen (secondary N) is 2. The van der Waals surface area contributed by atoms with Crippen LogP contribution in [-0.4, -0.2) is 29.1 Å². The summed E-state index contributed by atoms with van der Waals surface area (Å²) in [5.74, 6) is -0.539. The smallest absolute Gasteiger partial charge is 0.261 e. The summed E-state index contributed by atoms with van der Waals surface area (Å²) in [4.78, 5) is 25.9. The monoisotopic (exact) mass is 562 g/mol. The number of carbonyl (C=O) groups excluding carboxylic acids is 2. The van der Waals surface area contributed by atoms with Crippen LogP contribution < -0.4 is 16.5 Å². The molecule has 11 heteroatoms. The van der Waals surface area contributed by atoms with Gasteiger partial charge in [-0.15, -0.1) is 22.7 Å². The summed E-state index contributed by atoms with van der Waals surface area (Å²) in [6, 6.07) is 8.69. The minimum atomic E-state index is -0.351. The van der Waals surface area contributed by atoms with Crippen molar-refractivity contribution in [3.05, 3.63) is 78.9 Å². The molecule has 0 spiro atoms. The first-order chi connectivity index (χ1) is 17.1. The van der Waals surface area contributed by atoms with Gasteiger partial charge in [-0.05, 0) is 68.4 Å². The summed E-state index contributed by atoms with van der Waals surface area (Å²) in [6.07, 6.45) is 2.33. The maximum Gasteiger partial charge on any atom is 0.261 e. The maximum atomic E-state index is 12.4. The first kappa shape index (κ1) is 27.5. The Balaban J connectivity index is 1.76. The number of rotatable bonds is 9. The van der Waals surface area contributed by atoms with E-state index in [1.807, 2.05) is 25.3 Å². The number of hydrazone groups is 1. The Morgan fingerprint density at radius 3 is 2.50 bits per heavy atom. The topological polar surface area (TPSA) is 117 Å². The molecule has 3 rings (SSSR count). The summed E-state index contributed by atoms with van der Waals surface area (Å²) in [5.41, 5.74) is 11.9. The van der Waals surface area contributed by atoms with Crippen LogP contribution in [0.3, 0.4) is 0 Å². The van der Waals surface area contributed by atoms with E-state index >= 15 is 0 Å². The second-order valence-corrected chi connectivity index (χ2v) is 10.6. The molecule has 7 nitrogen and oxygen atoms in total. The van der Waals surface area contributed by atoms with Crippen LogP contribution in [0.15, 0.2) is 58.7 Å².